The van der Waals surface area contributed by atoms with Crippen molar-refractivity contribution in [1.29, 1.82) is 0 Å². The number of hydrogen-bond acceptors (Lipinski definition) is 3. The molecule has 31 heavy (non-hydrogen) atoms. The number of halogens is 1. The second-order valence-corrected chi connectivity index (χ2v) is 8.66. The van der Waals surface area contributed by atoms with Crippen LogP contribution in [0.2, 0.25) is 0 Å². The van der Waals surface area contributed by atoms with E-state index in [0.717, 1.165) is 23.5 Å². The van der Waals surface area contributed by atoms with E-state index in [-0.39, 0.29) is 29.7 Å². The van der Waals surface area contributed by atoms with E-state index in [1.54, 1.807) is 12.1 Å². The topological polar surface area (TPSA) is 59.0 Å². The van der Waals surface area contributed by atoms with Crippen molar-refractivity contribution in [3.8, 4) is 5.69 Å². The summed E-state index contributed by atoms with van der Waals surface area (Å²) in [5, 5.41) is 11.4. The summed E-state index contributed by atoms with van der Waals surface area (Å²) < 4.78 is 15.8. The Labute approximate surface area is 181 Å². The molecule has 0 unspecified atom stereocenters. The van der Waals surface area contributed by atoms with Gasteiger partial charge in [0.1, 0.15) is 5.82 Å². The van der Waals surface area contributed by atoms with Gasteiger partial charge in [0.15, 0.2) is 0 Å². The van der Waals surface area contributed by atoms with Crippen molar-refractivity contribution in [3.63, 3.8) is 0 Å². The van der Waals surface area contributed by atoms with E-state index in [1.165, 1.54) is 25.3 Å². The highest BCUT2D eigenvalue weighted by Gasteiger charge is 2.40. The molecule has 1 aliphatic carbocycles. The number of carbonyl (C=O) groups is 1. The maximum atomic E-state index is 14.0. The molecular formula is C25H27FN4O. The van der Waals surface area contributed by atoms with Gasteiger partial charge in [-0.15, -0.1) is 0 Å². The Balaban J connectivity index is 1.39. The molecular weight excluding hydrogens is 391 g/mol. The Morgan fingerprint density at radius 1 is 1.13 bits per heavy atom. The Kier molecular flexibility index (Phi) is 5.55. The van der Waals surface area contributed by atoms with Crippen molar-refractivity contribution in [2.45, 2.75) is 43.7 Å². The predicted octanol–water partition coefficient (Wildman–Crippen LogP) is 4.11. The van der Waals surface area contributed by atoms with Crippen LogP contribution in [0.15, 0.2) is 66.9 Å². The first-order chi connectivity index (χ1) is 15.2. The molecule has 0 radical (unpaired) electrons. The van der Waals surface area contributed by atoms with Crippen molar-refractivity contribution in [2.75, 3.05) is 6.54 Å². The number of nitrogens with one attached hydrogen (secondary N) is 2. The average molecular weight is 419 g/mol. The Hall–Kier alpha value is -2.99. The summed E-state index contributed by atoms with van der Waals surface area (Å²) in [5.41, 5.74) is 2.73. The molecule has 160 valence electrons. The molecule has 0 bridgehead atoms. The molecule has 1 aromatic heterocycles. The van der Waals surface area contributed by atoms with Crippen molar-refractivity contribution < 1.29 is 9.18 Å². The van der Waals surface area contributed by atoms with E-state index in [4.69, 9.17) is 5.10 Å². The normalized spacial score (nSPS) is 23.5. The fourth-order valence-electron chi connectivity index (χ4n) is 4.62. The van der Waals surface area contributed by atoms with Crippen LogP contribution in [0.25, 0.3) is 5.69 Å². The largest absolute Gasteiger partial charge is 0.354 e. The minimum atomic E-state index is -0.319. The number of carbonyl (C=O) groups excluding carboxylic acids is 1. The molecule has 3 atom stereocenters. The molecule has 1 saturated heterocycles. The number of aromatic nitrogens is 2. The molecule has 2 aliphatic rings. The van der Waals surface area contributed by atoms with E-state index in [1.807, 2.05) is 53.3 Å². The molecule has 1 amide bonds. The summed E-state index contributed by atoms with van der Waals surface area (Å²) >= 11 is 0. The third-order valence-electron chi connectivity index (χ3n) is 6.60. The van der Waals surface area contributed by atoms with Crippen molar-refractivity contribution >= 4 is 5.91 Å². The lowest BCUT2D eigenvalue weighted by Gasteiger charge is -2.26. The van der Waals surface area contributed by atoms with Crippen molar-refractivity contribution in [2.24, 2.45) is 5.92 Å². The van der Waals surface area contributed by atoms with Crippen molar-refractivity contribution in [3.05, 3.63) is 83.9 Å². The third kappa shape index (κ3) is 4.26. The lowest BCUT2D eigenvalue weighted by atomic mass is 9.85. The van der Waals surface area contributed by atoms with Crippen LogP contribution in [-0.4, -0.2) is 28.3 Å². The summed E-state index contributed by atoms with van der Waals surface area (Å²) in [7, 11) is 0. The monoisotopic (exact) mass is 418 g/mol. The molecule has 1 aliphatic heterocycles. The van der Waals surface area contributed by atoms with E-state index in [2.05, 4.69) is 10.6 Å². The zero-order chi connectivity index (χ0) is 21.2. The van der Waals surface area contributed by atoms with Crippen LogP contribution in [-0.2, 0) is 4.79 Å². The summed E-state index contributed by atoms with van der Waals surface area (Å²) in [4.78, 5) is 12.9. The highest BCUT2D eigenvalue weighted by molar-refractivity contribution is 5.82. The van der Waals surface area contributed by atoms with Gasteiger partial charge in [-0.2, -0.15) is 5.10 Å². The van der Waals surface area contributed by atoms with Gasteiger partial charge in [0.05, 0.1) is 17.4 Å². The van der Waals surface area contributed by atoms with Crippen LogP contribution >= 0.6 is 0 Å². The quantitative estimate of drug-likeness (QED) is 0.633. The second-order valence-electron chi connectivity index (χ2n) is 8.66. The smallest absolute Gasteiger partial charge is 0.237 e. The molecule has 6 heteroatoms. The standard InChI is InChI=1S/C25H27FN4O/c26-19-9-5-8-18(14-19)24-21(15-23(28-24)25(31)27-16-17-6-4-7-17)22-12-13-30(29-22)20-10-2-1-3-11-20/h1-3,5,8-14,17,21,23-24,28H,4,6-7,15-16H2,(H,27,31)/t21-,23+,24+/m1/s1. The van der Waals surface area contributed by atoms with E-state index >= 15 is 0 Å². The SMILES string of the molecule is O=C(NCC1CCC1)[C@@H]1C[C@H](c2ccn(-c3ccccc3)n2)[C@H](c2cccc(F)c2)N1. The van der Waals surface area contributed by atoms with Gasteiger partial charge < -0.3 is 5.32 Å². The minimum absolute atomic E-state index is 0.0220. The van der Waals surface area contributed by atoms with Crippen LogP contribution < -0.4 is 10.6 Å². The van der Waals surface area contributed by atoms with Crippen molar-refractivity contribution in [1.82, 2.24) is 20.4 Å². The number of benzene rings is 2. The van der Waals surface area contributed by atoms with Crippen LogP contribution in [0.4, 0.5) is 4.39 Å². The van der Waals surface area contributed by atoms with Gasteiger partial charge in [-0.05, 0) is 61.1 Å². The first kappa shape index (κ1) is 19.9. The first-order valence-electron chi connectivity index (χ1n) is 11.1. The molecule has 1 saturated carbocycles. The molecule has 5 nitrogen and oxygen atoms in total. The molecule has 2 aromatic carbocycles. The maximum Gasteiger partial charge on any atom is 0.237 e. The fraction of sp³-hybridized carbons (Fsp3) is 0.360. The molecule has 2 N–H and O–H groups in total. The van der Waals surface area contributed by atoms with E-state index in [9.17, 15) is 9.18 Å². The molecule has 2 heterocycles. The Morgan fingerprint density at radius 3 is 2.71 bits per heavy atom. The fourth-order valence-corrected chi connectivity index (χ4v) is 4.62. The van der Waals surface area contributed by atoms with Gasteiger partial charge in [0.25, 0.3) is 0 Å². The lowest BCUT2D eigenvalue weighted by molar-refractivity contribution is -0.123. The number of amides is 1. The zero-order valence-corrected chi connectivity index (χ0v) is 17.4. The Bertz CT molecular complexity index is 1050. The zero-order valence-electron chi connectivity index (χ0n) is 17.4. The van der Waals surface area contributed by atoms with Crippen LogP contribution in [0, 0.1) is 11.7 Å². The van der Waals surface area contributed by atoms with Crippen LogP contribution in [0.1, 0.15) is 48.9 Å². The van der Waals surface area contributed by atoms with Gasteiger partial charge in [0, 0.05) is 24.7 Å². The number of rotatable bonds is 6. The van der Waals surface area contributed by atoms with Gasteiger partial charge >= 0.3 is 0 Å². The van der Waals surface area contributed by atoms with Crippen LogP contribution in [0.3, 0.4) is 0 Å². The second kappa shape index (κ2) is 8.63. The number of nitrogens with zero attached hydrogens (tertiary/aromatic N) is 2. The molecule has 0 spiro atoms. The van der Waals surface area contributed by atoms with Crippen LogP contribution in [0.5, 0.6) is 0 Å². The third-order valence-corrected chi connectivity index (χ3v) is 6.60. The summed E-state index contributed by atoms with van der Waals surface area (Å²) in [5.74, 6) is 0.344. The summed E-state index contributed by atoms with van der Waals surface area (Å²) in [6, 6.07) is 18.1. The van der Waals surface area contributed by atoms with Gasteiger partial charge in [-0.1, -0.05) is 36.8 Å². The van der Waals surface area contributed by atoms with Gasteiger partial charge in [-0.3, -0.25) is 10.1 Å². The minimum Gasteiger partial charge on any atom is -0.354 e. The first-order valence-corrected chi connectivity index (χ1v) is 11.1. The maximum absolute atomic E-state index is 14.0. The highest BCUT2D eigenvalue weighted by Crippen LogP contribution is 2.40. The molecule has 2 fully saturated rings. The van der Waals surface area contributed by atoms with E-state index in [0.29, 0.717) is 12.3 Å². The lowest BCUT2D eigenvalue weighted by Crippen LogP contribution is -2.43. The summed E-state index contributed by atoms with van der Waals surface area (Å²) in [6.45, 7) is 0.745. The number of hydrogen-bond donors (Lipinski definition) is 2. The Morgan fingerprint density at radius 2 is 1.97 bits per heavy atom. The molecule has 5 rings (SSSR count). The van der Waals surface area contributed by atoms with Gasteiger partial charge in [-0.25, -0.2) is 9.07 Å². The summed E-state index contributed by atoms with van der Waals surface area (Å²) in [6.07, 6.45) is 6.23. The van der Waals surface area contributed by atoms with E-state index < -0.39 is 0 Å². The average Bonchev–Trinajstić information content (AvgIpc) is 3.41. The molecule has 3 aromatic rings. The van der Waals surface area contributed by atoms with Gasteiger partial charge in [0.2, 0.25) is 5.91 Å². The predicted molar refractivity (Wildman–Crippen MR) is 117 cm³/mol. The number of para-hydroxylation sites is 1. The highest BCUT2D eigenvalue weighted by atomic mass is 19.1.